The zero-order valence-corrected chi connectivity index (χ0v) is 10.8. The quantitative estimate of drug-likeness (QED) is 0.816. The topological polar surface area (TPSA) is 81.9 Å². The van der Waals surface area contributed by atoms with Crippen molar-refractivity contribution in [3.05, 3.63) is 36.2 Å². The Labute approximate surface area is 116 Å². The minimum absolute atomic E-state index is 0.163. The minimum Gasteiger partial charge on any atom is -0.320 e. The fourth-order valence-corrected chi connectivity index (χ4v) is 2.38. The van der Waals surface area contributed by atoms with Crippen LogP contribution in [-0.2, 0) is 0 Å². The van der Waals surface area contributed by atoms with Crippen LogP contribution in [0.2, 0.25) is 0 Å². The van der Waals surface area contributed by atoms with E-state index in [4.69, 9.17) is 5.26 Å². The molecule has 1 unspecified atom stereocenters. The predicted molar refractivity (Wildman–Crippen MR) is 72.8 cm³/mol. The lowest BCUT2D eigenvalue weighted by molar-refractivity contribution is 0.0689. The standard InChI is InChI=1S/C14H13N5O/c15-8-10-9-16-6-7-19(10)14(20)11-2-1-3-12-13(11)18-5-4-17-12/h1-5,10,16H,6-7,9H2. The van der Waals surface area contributed by atoms with Crippen LogP contribution in [0.5, 0.6) is 0 Å². The van der Waals surface area contributed by atoms with E-state index in [1.807, 2.05) is 6.07 Å². The maximum atomic E-state index is 12.7. The second kappa shape index (κ2) is 5.23. The third-order valence-corrected chi connectivity index (χ3v) is 3.38. The molecule has 6 heteroatoms. The van der Waals surface area contributed by atoms with Crippen molar-refractivity contribution in [3.63, 3.8) is 0 Å². The van der Waals surface area contributed by atoms with Gasteiger partial charge in [0, 0.05) is 32.0 Å². The highest BCUT2D eigenvalue weighted by atomic mass is 16.2. The second-order valence-electron chi connectivity index (χ2n) is 4.58. The second-order valence-corrected chi connectivity index (χ2v) is 4.58. The lowest BCUT2D eigenvalue weighted by Crippen LogP contribution is -2.53. The summed E-state index contributed by atoms with van der Waals surface area (Å²) in [4.78, 5) is 22.7. The summed E-state index contributed by atoms with van der Waals surface area (Å²) >= 11 is 0. The summed E-state index contributed by atoms with van der Waals surface area (Å²) in [6.45, 7) is 1.72. The Morgan fingerprint density at radius 1 is 1.40 bits per heavy atom. The Morgan fingerprint density at radius 3 is 3.10 bits per heavy atom. The molecule has 1 atom stereocenters. The van der Waals surface area contributed by atoms with Crippen LogP contribution < -0.4 is 5.32 Å². The number of aromatic nitrogens is 2. The highest BCUT2D eigenvalue weighted by Gasteiger charge is 2.28. The molecule has 1 aliphatic heterocycles. The third-order valence-electron chi connectivity index (χ3n) is 3.38. The number of nitrogens with one attached hydrogen (secondary N) is 1. The maximum absolute atomic E-state index is 12.7. The number of rotatable bonds is 1. The van der Waals surface area contributed by atoms with E-state index in [0.29, 0.717) is 36.2 Å². The number of nitrogens with zero attached hydrogens (tertiary/aromatic N) is 4. The largest absolute Gasteiger partial charge is 0.320 e. The molecular formula is C14H13N5O. The molecular weight excluding hydrogens is 254 g/mol. The number of carbonyl (C=O) groups is 1. The molecule has 1 aliphatic rings. The Hall–Kier alpha value is -2.52. The Bertz CT molecular complexity index is 688. The first-order valence-electron chi connectivity index (χ1n) is 6.42. The summed E-state index contributed by atoms with van der Waals surface area (Å²) < 4.78 is 0. The SMILES string of the molecule is N#CC1CNCCN1C(=O)c1cccc2nccnc12. The van der Waals surface area contributed by atoms with E-state index in [1.165, 1.54) is 0 Å². The van der Waals surface area contributed by atoms with Gasteiger partial charge in [0.1, 0.15) is 11.6 Å². The highest BCUT2D eigenvalue weighted by Crippen LogP contribution is 2.17. The van der Waals surface area contributed by atoms with Crippen molar-refractivity contribution in [2.75, 3.05) is 19.6 Å². The van der Waals surface area contributed by atoms with Gasteiger partial charge in [-0.1, -0.05) is 6.07 Å². The number of carbonyl (C=O) groups excluding carboxylic acids is 1. The number of piperazine rings is 1. The first kappa shape index (κ1) is 12.5. The molecule has 1 amide bonds. The molecule has 0 saturated carbocycles. The highest BCUT2D eigenvalue weighted by molar-refractivity contribution is 6.04. The molecule has 1 N–H and O–H groups in total. The monoisotopic (exact) mass is 267 g/mol. The Kier molecular flexibility index (Phi) is 3.27. The average Bonchev–Trinajstić information content (AvgIpc) is 2.53. The van der Waals surface area contributed by atoms with Gasteiger partial charge in [0.25, 0.3) is 5.91 Å². The van der Waals surface area contributed by atoms with Gasteiger partial charge in [-0.25, -0.2) is 0 Å². The average molecular weight is 267 g/mol. The van der Waals surface area contributed by atoms with E-state index in [-0.39, 0.29) is 5.91 Å². The van der Waals surface area contributed by atoms with Crippen LogP contribution in [0.25, 0.3) is 11.0 Å². The van der Waals surface area contributed by atoms with Gasteiger partial charge >= 0.3 is 0 Å². The van der Waals surface area contributed by atoms with Gasteiger partial charge in [-0.3, -0.25) is 14.8 Å². The molecule has 0 spiro atoms. The van der Waals surface area contributed by atoms with Crippen molar-refractivity contribution in [1.29, 1.82) is 5.26 Å². The molecule has 1 aromatic carbocycles. The van der Waals surface area contributed by atoms with Gasteiger partial charge < -0.3 is 10.2 Å². The third kappa shape index (κ3) is 2.08. The van der Waals surface area contributed by atoms with Gasteiger partial charge in [0.15, 0.2) is 0 Å². The molecule has 0 aliphatic carbocycles. The molecule has 1 saturated heterocycles. The van der Waals surface area contributed by atoms with E-state index < -0.39 is 6.04 Å². The summed E-state index contributed by atoms with van der Waals surface area (Å²) in [5, 5.41) is 12.3. The van der Waals surface area contributed by atoms with Gasteiger partial charge in [0.2, 0.25) is 0 Å². The maximum Gasteiger partial charge on any atom is 0.257 e. The number of fused-ring (bicyclic) bond motifs is 1. The van der Waals surface area contributed by atoms with E-state index in [9.17, 15) is 4.79 Å². The van der Waals surface area contributed by atoms with E-state index in [2.05, 4.69) is 21.4 Å². The van der Waals surface area contributed by atoms with E-state index >= 15 is 0 Å². The van der Waals surface area contributed by atoms with Crippen LogP contribution in [0.3, 0.4) is 0 Å². The minimum atomic E-state index is -0.442. The van der Waals surface area contributed by atoms with Crippen molar-refractivity contribution < 1.29 is 4.79 Å². The molecule has 3 rings (SSSR count). The number of para-hydroxylation sites is 1. The first-order chi connectivity index (χ1) is 9.81. The molecule has 2 aromatic rings. The summed E-state index contributed by atoms with van der Waals surface area (Å²) in [5.74, 6) is -0.163. The van der Waals surface area contributed by atoms with Crippen LogP contribution in [0.4, 0.5) is 0 Å². The van der Waals surface area contributed by atoms with Crippen LogP contribution in [0, 0.1) is 11.3 Å². The zero-order chi connectivity index (χ0) is 13.9. The molecule has 6 nitrogen and oxygen atoms in total. The van der Waals surface area contributed by atoms with Crippen LogP contribution >= 0.6 is 0 Å². The van der Waals surface area contributed by atoms with Crippen molar-refractivity contribution in [2.24, 2.45) is 0 Å². The lowest BCUT2D eigenvalue weighted by atomic mass is 10.1. The number of nitriles is 1. The summed E-state index contributed by atoms with van der Waals surface area (Å²) in [6, 6.07) is 7.05. The molecule has 0 bridgehead atoms. The predicted octanol–water partition coefficient (Wildman–Crippen LogP) is 0.567. The van der Waals surface area contributed by atoms with E-state index in [1.54, 1.807) is 29.4 Å². The molecule has 100 valence electrons. The zero-order valence-electron chi connectivity index (χ0n) is 10.8. The number of amides is 1. The van der Waals surface area contributed by atoms with Crippen molar-refractivity contribution in [3.8, 4) is 6.07 Å². The molecule has 0 radical (unpaired) electrons. The molecule has 2 heterocycles. The van der Waals surface area contributed by atoms with Crippen molar-refractivity contribution in [2.45, 2.75) is 6.04 Å². The van der Waals surface area contributed by atoms with Crippen molar-refractivity contribution >= 4 is 16.9 Å². The van der Waals surface area contributed by atoms with Gasteiger partial charge in [-0.05, 0) is 12.1 Å². The lowest BCUT2D eigenvalue weighted by Gasteiger charge is -2.32. The number of benzene rings is 1. The van der Waals surface area contributed by atoms with Crippen molar-refractivity contribution in [1.82, 2.24) is 20.2 Å². The van der Waals surface area contributed by atoms with E-state index in [0.717, 1.165) is 0 Å². The fraction of sp³-hybridized carbons (Fsp3) is 0.286. The van der Waals surface area contributed by atoms with Crippen LogP contribution in [0.1, 0.15) is 10.4 Å². The first-order valence-corrected chi connectivity index (χ1v) is 6.42. The number of hydrogen-bond donors (Lipinski definition) is 1. The van der Waals surface area contributed by atoms with Crippen LogP contribution in [0.15, 0.2) is 30.6 Å². The summed E-state index contributed by atoms with van der Waals surface area (Å²) in [6.07, 6.45) is 3.16. The summed E-state index contributed by atoms with van der Waals surface area (Å²) in [5.41, 5.74) is 1.76. The van der Waals surface area contributed by atoms with Gasteiger partial charge in [-0.2, -0.15) is 5.26 Å². The fourth-order valence-electron chi connectivity index (χ4n) is 2.38. The van der Waals surface area contributed by atoms with Gasteiger partial charge in [0.05, 0.1) is 17.1 Å². The smallest absolute Gasteiger partial charge is 0.257 e. The Morgan fingerprint density at radius 2 is 2.25 bits per heavy atom. The molecule has 20 heavy (non-hydrogen) atoms. The van der Waals surface area contributed by atoms with Crippen LogP contribution in [-0.4, -0.2) is 46.5 Å². The van der Waals surface area contributed by atoms with Gasteiger partial charge in [-0.15, -0.1) is 0 Å². The Balaban J connectivity index is 2.02. The molecule has 1 aromatic heterocycles. The normalized spacial score (nSPS) is 18.8. The summed E-state index contributed by atoms with van der Waals surface area (Å²) in [7, 11) is 0. The number of hydrogen-bond acceptors (Lipinski definition) is 5. The molecule has 1 fully saturated rings.